The molecule has 50 heavy (non-hydrogen) atoms. The van der Waals surface area contributed by atoms with E-state index in [0.29, 0.717) is 9.87 Å². The second kappa shape index (κ2) is 15.1. The smallest absolute Gasteiger partial charge is 1.00 e. The fourth-order valence-corrected chi connectivity index (χ4v) is 54.4. The molecule has 8 aliphatic rings. The Morgan fingerprint density at radius 2 is 1.04 bits per heavy atom. The van der Waals surface area contributed by atoms with E-state index >= 15 is 0 Å². The number of halogens is 4. The molecule has 4 fully saturated rings. The number of benzene rings is 2. The van der Waals surface area contributed by atoms with Crippen LogP contribution < -0.4 is 49.6 Å². The predicted molar refractivity (Wildman–Crippen MR) is 190 cm³/mol. The molecule has 0 amide bonds. The maximum absolute atomic E-state index is 2.74. The summed E-state index contributed by atoms with van der Waals surface area (Å²) in [5.41, 5.74) is 6.21. The van der Waals surface area contributed by atoms with Crippen LogP contribution in [-0.2, 0) is 40.5 Å². The summed E-state index contributed by atoms with van der Waals surface area (Å²) in [6.45, 7) is 10.3. The maximum atomic E-state index is 2.60. The van der Waals surface area contributed by atoms with Crippen LogP contribution in [0.3, 0.4) is 0 Å². The van der Waals surface area contributed by atoms with Crippen LogP contribution in [0.25, 0.3) is 11.1 Å². The largest absolute Gasteiger partial charge is 1.00 e. The molecule has 2 saturated heterocycles. The van der Waals surface area contributed by atoms with Crippen molar-refractivity contribution in [2.24, 2.45) is 23.7 Å². The Bertz CT molecular complexity index is 1650. The summed E-state index contributed by atoms with van der Waals surface area (Å²) < 4.78 is 9.29. The standard InChI is InChI=1S/C13H9.2C9H11.C6H12.C5H5.C2H4.4ClH.2Zr/c1-3-7-12-10(5-1)9-11-6-2-4-8-13(11)12;2*1-2-5-9-7-3-6-8(9)4-1;1-5(2)6(3)4;1-2-4-5-3-1;1-2;;;;;;/h1-9H;2*1-2,4-6,8-9H,3,7H2;1-4H3;1-3H,4H2;1-2H2;4*1H;;/q;;;;;;;;;;;+4/p-4. The zero-order chi connectivity index (χ0) is 31.3. The van der Waals surface area contributed by atoms with Gasteiger partial charge in [0, 0.05) is 0 Å². The van der Waals surface area contributed by atoms with Crippen LogP contribution >= 0.6 is 0 Å². The Hall–Kier alpha value is -0.194. The number of fused-ring (bicyclic) bond motifs is 5. The van der Waals surface area contributed by atoms with Gasteiger partial charge >= 0.3 is 290 Å². The molecule has 10 rings (SSSR count). The van der Waals surface area contributed by atoms with Crippen LogP contribution in [-0.4, -0.2) is 0 Å². The van der Waals surface area contributed by atoms with Crippen LogP contribution in [0.1, 0.15) is 74.6 Å². The Labute approximate surface area is 336 Å². The molecule has 0 radical (unpaired) electrons. The molecule has 2 aromatic rings. The SMILES string of the molecule is C1=CC2CC[CH]([Zr+4]3([CH]4CCC5C=CC=CC54)[CH2][CH2]3)C2C=C1.C[C]1(C)[C](C)(C)[Zr]1([C]1=CC=CC1)[CH]1c2ccccc2-c2ccccc21.[Cl-].[Cl-].[Cl-].[Cl-]. The second-order valence-corrected chi connectivity index (χ2v) is 42.4. The van der Waals surface area contributed by atoms with Crippen molar-refractivity contribution >= 4 is 0 Å². The molecular weight excluding hydrogens is 853 g/mol. The third-order valence-electron chi connectivity index (χ3n) is 15.5. The number of hydrogen-bond donors (Lipinski definition) is 0. The van der Waals surface area contributed by atoms with Gasteiger partial charge in [-0.05, 0) is 0 Å². The van der Waals surface area contributed by atoms with Gasteiger partial charge in [-0.2, -0.15) is 0 Å². The fraction of sp³-hybridized carbons (Fsp3) is 0.455. The Kier molecular flexibility index (Phi) is 12.4. The molecule has 2 aromatic carbocycles. The fourth-order valence-electron chi connectivity index (χ4n) is 12.8. The van der Waals surface area contributed by atoms with E-state index in [9.17, 15) is 0 Å². The Morgan fingerprint density at radius 3 is 1.46 bits per heavy atom. The van der Waals surface area contributed by atoms with Crippen molar-refractivity contribution in [3.05, 3.63) is 130 Å². The molecule has 0 aromatic heterocycles. The van der Waals surface area contributed by atoms with Crippen LogP contribution in [0.2, 0.25) is 21.8 Å². The van der Waals surface area contributed by atoms with E-state index in [0.717, 1.165) is 23.7 Å². The maximum Gasteiger partial charge on any atom is -1.00 e. The van der Waals surface area contributed by atoms with Crippen molar-refractivity contribution < 1.29 is 90.2 Å². The topological polar surface area (TPSA) is 0 Å². The molecule has 0 nitrogen and oxygen atoms in total. The molecule has 0 spiro atoms. The van der Waals surface area contributed by atoms with Gasteiger partial charge in [0.15, 0.2) is 0 Å². The van der Waals surface area contributed by atoms with Crippen LogP contribution in [0.5, 0.6) is 0 Å². The molecule has 6 aliphatic carbocycles. The summed E-state index contributed by atoms with van der Waals surface area (Å²) in [5.74, 6) is 3.73. The summed E-state index contributed by atoms with van der Waals surface area (Å²) in [6.07, 6.45) is 34.1. The zero-order valence-electron chi connectivity index (χ0n) is 30.0. The molecule has 0 bridgehead atoms. The Balaban J connectivity index is 0.000000182. The van der Waals surface area contributed by atoms with Gasteiger partial charge in [-0.15, -0.1) is 0 Å². The summed E-state index contributed by atoms with van der Waals surface area (Å²) in [7, 11) is 0. The van der Waals surface area contributed by atoms with Crippen LogP contribution in [0.15, 0.2) is 119 Å². The van der Waals surface area contributed by atoms with E-state index in [2.05, 4.69) is 143 Å². The van der Waals surface area contributed by atoms with Gasteiger partial charge in [0.2, 0.25) is 0 Å². The van der Waals surface area contributed by atoms with Crippen molar-refractivity contribution in [2.75, 3.05) is 0 Å². The van der Waals surface area contributed by atoms with E-state index in [1.165, 1.54) is 37.6 Å². The molecule has 6 unspecified atom stereocenters. The van der Waals surface area contributed by atoms with E-state index in [1.54, 1.807) is 32.2 Å². The average molecular weight is 905 g/mol. The van der Waals surface area contributed by atoms with Gasteiger partial charge in [-0.1, -0.05) is 0 Å². The minimum atomic E-state index is -2.74. The first-order chi connectivity index (χ1) is 22.3. The van der Waals surface area contributed by atoms with Gasteiger partial charge in [0.1, 0.15) is 0 Å². The third kappa shape index (κ3) is 5.76. The molecule has 6 heteroatoms. The second-order valence-electron chi connectivity index (χ2n) is 17.1. The van der Waals surface area contributed by atoms with Gasteiger partial charge < -0.3 is 49.6 Å². The molecule has 264 valence electrons. The number of hydrogen-bond acceptors (Lipinski definition) is 0. The van der Waals surface area contributed by atoms with Crippen molar-refractivity contribution in [2.45, 2.75) is 85.2 Å². The summed E-state index contributed by atoms with van der Waals surface area (Å²) in [6, 6.07) is 18.5. The number of rotatable bonds is 4. The third-order valence-corrected chi connectivity index (χ3v) is 49.3. The van der Waals surface area contributed by atoms with Crippen LogP contribution in [0.4, 0.5) is 0 Å². The van der Waals surface area contributed by atoms with E-state index in [4.69, 9.17) is 0 Å². The zero-order valence-corrected chi connectivity index (χ0v) is 37.9. The minimum Gasteiger partial charge on any atom is -1.00 e. The monoisotopic (exact) mass is 900 g/mol. The van der Waals surface area contributed by atoms with E-state index in [1.807, 2.05) is 3.28 Å². The van der Waals surface area contributed by atoms with Crippen molar-refractivity contribution in [3.63, 3.8) is 0 Å². The molecule has 2 saturated carbocycles. The van der Waals surface area contributed by atoms with Gasteiger partial charge in [0.05, 0.1) is 0 Å². The van der Waals surface area contributed by atoms with Crippen molar-refractivity contribution in [3.8, 4) is 11.1 Å². The van der Waals surface area contributed by atoms with Gasteiger partial charge in [0.25, 0.3) is 0 Å². The first-order valence-corrected chi connectivity index (χ1v) is 30.0. The average Bonchev–Trinajstić information content (AvgIpc) is 3.52. The first kappa shape index (κ1) is 41.0. The van der Waals surface area contributed by atoms with Crippen molar-refractivity contribution in [1.29, 1.82) is 0 Å². The van der Waals surface area contributed by atoms with E-state index in [-0.39, 0.29) is 49.6 Å². The predicted octanol–water partition coefficient (Wildman–Crippen LogP) is 1.05. The Morgan fingerprint density at radius 1 is 0.580 bits per heavy atom. The number of allylic oxidation sites excluding steroid dienone is 12. The van der Waals surface area contributed by atoms with Crippen LogP contribution in [0, 0.1) is 23.7 Å². The quantitative estimate of drug-likeness (QED) is 0.432. The van der Waals surface area contributed by atoms with Crippen molar-refractivity contribution in [1.82, 2.24) is 0 Å². The molecule has 6 atom stereocenters. The molecular formula is C44H52Cl4Zr2. The minimum absolute atomic E-state index is 0. The molecule has 2 heterocycles. The van der Waals surface area contributed by atoms with Gasteiger partial charge in [-0.25, -0.2) is 0 Å². The van der Waals surface area contributed by atoms with E-state index < -0.39 is 40.5 Å². The normalized spacial score (nSPS) is 31.0. The molecule has 0 N–H and O–H groups in total. The summed E-state index contributed by atoms with van der Waals surface area (Å²) >= 11 is -4.57. The van der Waals surface area contributed by atoms with Gasteiger partial charge in [-0.3, -0.25) is 0 Å². The summed E-state index contributed by atoms with van der Waals surface area (Å²) in [5, 5.41) is 0. The first-order valence-electron chi connectivity index (χ1n) is 18.6. The summed E-state index contributed by atoms with van der Waals surface area (Å²) in [4.78, 5) is 0. The molecule has 2 aliphatic heterocycles.